The van der Waals surface area contributed by atoms with Gasteiger partial charge in [0.05, 0.1) is 38.6 Å². The molecule has 0 aromatic heterocycles. The van der Waals surface area contributed by atoms with Crippen molar-refractivity contribution in [2.75, 3.05) is 20.3 Å². The maximum Gasteiger partial charge on any atom is 0.338 e. The Morgan fingerprint density at radius 1 is 0.872 bits per heavy atom. The molecule has 0 saturated carbocycles. The molecule has 6 atom stereocenters. The zero-order valence-corrected chi connectivity index (χ0v) is 29.4. The predicted octanol–water partition coefficient (Wildman–Crippen LogP) is 5.89. The van der Waals surface area contributed by atoms with E-state index in [1.807, 2.05) is 0 Å². The number of benzene rings is 2. The van der Waals surface area contributed by atoms with Gasteiger partial charge in [0.25, 0.3) is 0 Å². The number of carbonyl (C=O) groups is 3. The van der Waals surface area contributed by atoms with Gasteiger partial charge in [-0.3, -0.25) is 4.79 Å². The predicted molar refractivity (Wildman–Crippen MR) is 180 cm³/mol. The molecule has 11 heteroatoms. The summed E-state index contributed by atoms with van der Waals surface area (Å²) < 4.78 is 35.9. The molecular weight excluding hydrogens is 620 g/mol. The molecule has 1 N–H and O–H groups in total. The first-order chi connectivity index (χ1) is 22.3. The van der Waals surface area contributed by atoms with Gasteiger partial charge in [-0.15, -0.1) is 6.58 Å². The molecule has 1 heterocycles. The van der Waals surface area contributed by atoms with E-state index in [1.54, 1.807) is 60.7 Å². The minimum Gasteiger partial charge on any atom is -0.469 e. The SMILES string of the molecule is C=CCO[C@H]1[C@@H](OC(=O)c2ccccc2)[C@@H](C(O)[Si](C)(C)C(C)(C)C)O[C@@H](OCCCCCC(=O)OC)[C@@H]1OC(=O)c1ccccc1. The van der Waals surface area contributed by atoms with Crippen molar-refractivity contribution in [1.82, 2.24) is 0 Å². The fourth-order valence-corrected chi connectivity index (χ4v) is 7.06. The summed E-state index contributed by atoms with van der Waals surface area (Å²) in [6, 6.07) is 17.0. The molecule has 3 rings (SSSR count). The minimum atomic E-state index is -2.57. The van der Waals surface area contributed by atoms with E-state index in [2.05, 4.69) is 40.4 Å². The molecular formula is C36H50O10Si. The summed E-state index contributed by atoms with van der Waals surface area (Å²) in [7, 11) is -1.22. The fourth-order valence-electron chi connectivity index (χ4n) is 5.09. The van der Waals surface area contributed by atoms with Crippen molar-refractivity contribution in [2.45, 2.75) is 101 Å². The highest BCUT2D eigenvalue weighted by atomic mass is 28.3. The highest BCUT2D eigenvalue weighted by molar-refractivity contribution is 6.81. The average molecular weight is 671 g/mol. The molecule has 1 saturated heterocycles. The van der Waals surface area contributed by atoms with Crippen LogP contribution in [0.1, 0.15) is 67.2 Å². The first kappa shape index (κ1) is 38.1. The molecule has 0 amide bonds. The molecule has 258 valence electrons. The van der Waals surface area contributed by atoms with Crippen LogP contribution in [-0.4, -0.2) is 87.8 Å². The van der Waals surface area contributed by atoms with Gasteiger partial charge in [0, 0.05) is 13.0 Å². The summed E-state index contributed by atoms with van der Waals surface area (Å²) in [4.78, 5) is 38.5. The maximum atomic E-state index is 13.5. The molecule has 2 aromatic rings. The Kier molecular flexibility index (Phi) is 14.3. The Balaban J connectivity index is 2.02. The van der Waals surface area contributed by atoms with Crippen LogP contribution < -0.4 is 0 Å². The van der Waals surface area contributed by atoms with Crippen LogP contribution in [0.4, 0.5) is 0 Å². The third-order valence-corrected chi connectivity index (χ3v) is 14.6. The van der Waals surface area contributed by atoms with Crippen LogP contribution in [0, 0.1) is 0 Å². The standard InChI is InChI=1S/C36H50O10Si/c1-8-23-42-28-29(44-32(38)25-18-12-9-13-19-25)30(34(40)47(6,7)36(2,3)4)46-35(43-24-17-11-16-22-27(37)41-5)31(28)45-33(39)26-20-14-10-15-21-26/h8-10,12-15,18-21,28-31,34-35,40H,1,11,16-17,22-24H2,2-7H3/t28-,29+,30-,31+,34?,35+/m0/s1. The summed E-state index contributed by atoms with van der Waals surface area (Å²) in [5.74, 6) is -1.57. The lowest BCUT2D eigenvalue weighted by molar-refractivity contribution is -0.308. The van der Waals surface area contributed by atoms with Gasteiger partial charge < -0.3 is 33.5 Å². The van der Waals surface area contributed by atoms with E-state index in [9.17, 15) is 19.5 Å². The number of methoxy groups -OCH3 is 1. The summed E-state index contributed by atoms with van der Waals surface area (Å²) in [5.41, 5.74) is -0.431. The monoisotopic (exact) mass is 670 g/mol. The highest BCUT2D eigenvalue weighted by Crippen LogP contribution is 2.42. The summed E-state index contributed by atoms with van der Waals surface area (Å²) in [6.07, 6.45) is -1.99. The van der Waals surface area contributed by atoms with Crippen LogP contribution in [0.15, 0.2) is 73.3 Å². The molecule has 0 radical (unpaired) electrons. The number of rotatable bonds is 16. The number of ether oxygens (including phenoxy) is 6. The zero-order valence-electron chi connectivity index (χ0n) is 28.4. The first-order valence-corrected chi connectivity index (χ1v) is 19.2. The maximum absolute atomic E-state index is 13.5. The number of hydrogen-bond acceptors (Lipinski definition) is 10. The second-order valence-electron chi connectivity index (χ2n) is 13.2. The van der Waals surface area contributed by atoms with Crippen molar-refractivity contribution in [1.29, 1.82) is 0 Å². The number of unbranched alkanes of at least 4 members (excludes halogenated alkanes) is 2. The number of esters is 3. The molecule has 0 bridgehead atoms. The number of aliphatic hydroxyl groups excluding tert-OH is 1. The quantitative estimate of drug-likeness (QED) is 0.0759. The van der Waals surface area contributed by atoms with E-state index >= 15 is 0 Å². The second kappa shape index (κ2) is 17.7. The zero-order chi connectivity index (χ0) is 34.6. The van der Waals surface area contributed by atoms with Crippen molar-refractivity contribution >= 4 is 26.0 Å². The smallest absolute Gasteiger partial charge is 0.338 e. The normalized spacial score (nSPS) is 22.1. The van der Waals surface area contributed by atoms with Gasteiger partial charge in [-0.05, 0) is 42.1 Å². The Labute approximate surface area is 279 Å². The topological polar surface area (TPSA) is 127 Å². The number of aliphatic hydroxyl groups is 1. The molecule has 1 aliphatic rings. The van der Waals surface area contributed by atoms with Crippen molar-refractivity contribution < 1.29 is 47.9 Å². The van der Waals surface area contributed by atoms with E-state index in [4.69, 9.17) is 28.4 Å². The van der Waals surface area contributed by atoms with E-state index in [-0.39, 0.29) is 24.2 Å². The lowest BCUT2D eigenvalue weighted by Gasteiger charge is -2.50. The van der Waals surface area contributed by atoms with Gasteiger partial charge in [-0.2, -0.15) is 0 Å². The summed E-state index contributed by atoms with van der Waals surface area (Å²) in [6.45, 7) is 14.3. The fraction of sp³-hybridized carbons (Fsp3) is 0.528. The Hall–Kier alpha value is -3.35. The number of hydrogen-bond donors (Lipinski definition) is 1. The van der Waals surface area contributed by atoms with Crippen molar-refractivity contribution in [3.8, 4) is 0 Å². The molecule has 2 aromatic carbocycles. The van der Waals surface area contributed by atoms with Gasteiger partial charge in [-0.25, -0.2) is 9.59 Å². The molecule has 1 fully saturated rings. The van der Waals surface area contributed by atoms with Crippen LogP contribution in [-0.2, 0) is 33.2 Å². The Bertz CT molecular complexity index is 1290. The molecule has 0 aliphatic carbocycles. The lowest BCUT2D eigenvalue weighted by atomic mass is 9.97. The molecule has 1 unspecified atom stereocenters. The highest BCUT2D eigenvalue weighted by Gasteiger charge is 2.57. The minimum absolute atomic E-state index is 0.0343. The Morgan fingerprint density at radius 3 is 1.94 bits per heavy atom. The van der Waals surface area contributed by atoms with Gasteiger partial charge in [-0.1, -0.05) is 82.8 Å². The molecule has 1 aliphatic heterocycles. The van der Waals surface area contributed by atoms with Crippen LogP contribution >= 0.6 is 0 Å². The van der Waals surface area contributed by atoms with E-state index < -0.39 is 56.4 Å². The van der Waals surface area contributed by atoms with E-state index in [1.165, 1.54) is 13.2 Å². The van der Waals surface area contributed by atoms with Crippen molar-refractivity contribution in [3.63, 3.8) is 0 Å². The second-order valence-corrected chi connectivity index (χ2v) is 18.7. The third-order valence-electron chi connectivity index (χ3n) is 8.96. The molecule has 10 nitrogen and oxygen atoms in total. The van der Waals surface area contributed by atoms with Gasteiger partial charge in [0.1, 0.15) is 12.2 Å². The molecule has 0 spiro atoms. The van der Waals surface area contributed by atoms with Gasteiger partial charge in [0.2, 0.25) is 0 Å². The summed E-state index contributed by atoms with van der Waals surface area (Å²) in [5, 5.41) is 11.8. The first-order valence-electron chi connectivity index (χ1n) is 16.1. The van der Waals surface area contributed by atoms with E-state index in [0.29, 0.717) is 36.8 Å². The van der Waals surface area contributed by atoms with E-state index in [0.717, 1.165) is 0 Å². The third kappa shape index (κ3) is 10.3. The van der Waals surface area contributed by atoms with Crippen molar-refractivity contribution in [3.05, 3.63) is 84.4 Å². The molecule has 47 heavy (non-hydrogen) atoms. The van der Waals surface area contributed by atoms with Crippen LogP contribution in [0.5, 0.6) is 0 Å². The van der Waals surface area contributed by atoms with Crippen LogP contribution in [0.3, 0.4) is 0 Å². The lowest BCUT2D eigenvalue weighted by Crippen LogP contribution is -2.68. The number of carbonyl (C=O) groups excluding carboxylic acids is 3. The average Bonchev–Trinajstić information content (AvgIpc) is 3.06. The van der Waals surface area contributed by atoms with Gasteiger partial charge >= 0.3 is 17.9 Å². The summed E-state index contributed by atoms with van der Waals surface area (Å²) >= 11 is 0. The van der Waals surface area contributed by atoms with Crippen molar-refractivity contribution in [2.24, 2.45) is 0 Å². The Morgan fingerprint density at radius 2 is 1.43 bits per heavy atom. The van der Waals surface area contributed by atoms with Crippen LogP contribution in [0.25, 0.3) is 0 Å². The van der Waals surface area contributed by atoms with Gasteiger partial charge in [0.15, 0.2) is 18.5 Å². The largest absolute Gasteiger partial charge is 0.469 e. The van der Waals surface area contributed by atoms with Crippen LogP contribution in [0.2, 0.25) is 18.1 Å².